The first-order valence-corrected chi connectivity index (χ1v) is 12.1. The number of carbonyl (C=O) groups is 2. The van der Waals surface area contributed by atoms with Crippen LogP contribution in [0.2, 0.25) is 10.0 Å². The molecule has 3 aromatic rings. The molecule has 1 amide bonds. The molecule has 0 saturated carbocycles. The second-order valence-corrected chi connectivity index (χ2v) is 9.53. The summed E-state index contributed by atoms with van der Waals surface area (Å²) in [6, 6.07) is 5.05. The number of β-amino-alcohol motifs (C(OH)–C–C–N with tert-alkyl or cyclic N) is 1. The number of pyridine rings is 1. The molecular formula is C25H27Cl2N3O5. The SMILES string of the molecule is COc1ccc(C(=O)Cc2c(Cl)cncc2Cl)c2cc(C(=O)N3CC(C)N(CCO)C(C)C3)oc12. The molecule has 1 fully saturated rings. The molecule has 4 rings (SSSR count). The van der Waals surface area contributed by atoms with Crippen LogP contribution in [-0.2, 0) is 6.42 Å². The van der Waals surface area contributed by atoms with Crippen LogP contribution in [0.25, 0.3) is 11.0 Å². The Labute approximate surface area is 213 Å². The summed E-state index contributed by atoms with van der Waals surface area (Å²) in [4.78, 5) is 34.5. The lowest BCUT2D eigenvalue weighted by Crippen LogP contribution is -2.58. The van der Waals surface area contributed by atoms with Crippen LogP contribution in [-0.4, -0.2) is 77.0 Å². The molecule has 0 aliphatic carbocycles. The molecule has 0 radical (unpaired) electrons. The van der Waals surface area contributed by atoms with E-state index in [1.54, 1.807) is 23.1 Å². The number of aromatic nitrogens is 1. The van der Waals surface area contributed by atoms with E-state index in [1.807, 2.05) is 13.8 Å². The molecule has 1 saturated heterocycles. The zero-order valence-corrected chi connectivity index (χ0v) is 21.3. The highest BCUT2D eigenvalue weighted by Gasteiger charge is 2.33. The van der Waals surface area contributed by atoms with Gasteiger partial charge in [-0.05, 0) is 32.0 Å². The van der Waals surface area contributed by atoms with Crippen molar-refractivity contribution in [3.63, 3.8) is 0 Å². The number of rotatable bonds is 7. The maximum Gasteiger partial charge on any atom is 0.289 e. The largest absolute Gasteiger partial charge is 0.493 e. The average Bonchev–Trinajstić information content (AvgIpc) is 3.28. The number of hydrogen-bond acceptors (Lipinski definition) is 7. The number of Topliss-reactive ketones (excluding diaryl/α,β-unsaturated/α-hetero) is 1. The van der Waals surface area contributed by atoms with Crippen LogP contribution in [0.5, 0.6) is 5.75 Å². The number of amides is 1. The van der Waals surface area contributed by atoms with E-state index in [-0.39, 0.29) is 42.6 Å². The molecule has 186 valence electrons. The molecule has 2 atom stereocenters. The minimum absolute atomic E-state index is 0.0298. The van der Waals surface area contributed by atoms with Gasteiger partial charge in [-0.1, -0.05) is 23.2 Å². The summed E-state index contributed by atoms with van der Waals surface area (Å²) in [7, 11) is 1.50. The smallest absolute Gasteiger partial charge is 0.289 e. The fourth-order valence-electron chi connectivity index (χ4n) is 4.71. The van der Waals surface area contributed by atoms with Crippen molar-refractivity contribution in [3.05, 3.63) is 57.5 Å². The van der Waals surface area contributed by atoms with Gasteiger partial charge in [0.15, 0.2) is 22.9 Å². The number of nitrogens with zero attached hydrogens (tertiary/aromatic N) is 3. The summed E-state index contributed by atoms with van der Waals surface area (Å²) < 4.78 is 11.4. The first-order valence-electron chi connectivity index (χ1n) is 11.3. The maximum atomic E-state index is 13.4. The predicted octanol–water partition coefficient (Wildman–Crippen LogP) is 4.10. The quantitative estimate of drug-likeness (QED) is 0.469. The Morgan fingerprint density at radius 2 is 1.83 bits per heavy atom. The van der Waals surface area contributed by atoms with Crippen molar-refractivity contribution in [1.82, 2.24) is 14.8 Å². The summed E-state index contributed by atoms with van der Waals surface area (Å²) in [5, 5.41) is 10.4. The molecule has 8 nitrogen and oxygen atoms in total. The number of aliphatic hydroxyl groups excluding tert-OH is 1. The minimum Gasteiger partial charge on any atom is -0.493 e. The van der Waals surface area contributed by atoms with Gasteiger partial charge in [0, 0.05) is 67.0 Å². The fourth-order valence-corrected chi connectivity index (χ4v) is 5.20. The maximum absolute atomic E-state index is 13.4. The first-order chi connectivity index (χ1) is 16.7. The van der Waals surface area contributed by atoms with Gasteiger partial charge in [0.25, 0.3) is 5.91 Å². The van der Waals surface area contributed by atoms with Crippen LogP contribution in [0, 0.1) is 0 Å². The molecular weight excluding hydrogens is 493 g/mol. The van der Waals surface area contributed by atoms with Gasteiger partial charge in [0.1, 0.15) is 0 Å². The monoisotopic (exact) mass is 519 g/mol. The van der Waals surface area contributed by atoms with E-state index < -0.39 is 0 Å². The number of hydrogen-bond donors (Lipinski definition) is 1. The summed E-state index contributed by atoms with van der Waals surface area (Å²) in [6.07, 6.45) is 2.85. The topological polar surface area (TPSA) is 96.1 Å². The molecule has 0 bridgehead atoms. The molecule has 0 spiro atoms. The van der Waals surface area contributed by atoms with Gasteiger partial charge >= 0.3 is 0 Å². The second-order valence-electron chi connectivity index (χ2n) is 8.72. The lowest BCUT2D eigenvalue weighted by Gasteiger charge is -2.43. The zero-order valence-electron chi connectivity index (χ0n) is 19.8. The van der Waals surface area contributed by atoms with Crippen LogP contribution < -0.4 is 4.74 Å². The predicted molar refractivity (Wildman–Crippen MR) is 134 cm³/mol. The van der Waals surface area contributed by atoms with Gasteiger partial charge in [-0.25, -0.2) is 0 Å². The Morgan fingerprint density at radius 3 is 2.43 bits per heavy atom. The van der Waals surface area contributed by atoms with Gasteiger partial charge in [-0.2, -0.15) is 0 Å². The fraction of sp³-hybridized carbons (Fsp3) is 0.400. The molecule has 1 N–H and O–H groups in total. The van der Waals surface area contributed by atoms with Gasteiger partial charge in [-0.3, -0.25) is 19.5 Å². The lowest BCUT2D eigenvalue weighted by molar-refractivity contribution is 0.0220. The normalized spacial score (nSPS) is 18.7. The highest BCUT2D eigenvalue weighted by molar-refractivity contribution is 6.36. The summed E-state index contributed by atoms with van der Waals surface area (Å²) in [5.41, 5.74) is 1.19. The number of carbonyl (C=O) groups excluding carboxylic acids is 2. The average molecular weight is 520 g/mol. The molecule has 10 heteroatoms. The summed E-state index contributed by atoms with van der Waals surface area (Å²) >= 11 is 12.4. The Bertz CT molecular complexity index is 1230. The number of furan rings is 1. The summed E-state index contributed by atoms with van der Waals surface area (Å²) in [6.45, 7) is 5.69. The van der Waals surface area contributed by atoms with Crippen LogP contribution in [0.4, 0.5) is 0 Å². The molecule has 2 unspecified atom stereocenters. The lowest BCUT2D eigenvalue weighted by atomic mass is 10.00. The molecule has 1 aliphatic heterocycles. The third-order valence-electron chi connectivity index (χ3n) is 6.42. The van der Waals surface area contributed by atoms with Crippen LogP contribution in [0.15, 0.2) is 35.0 Å². The van der Waals surface area contributed by atoms with E-state index in [9.17, 15) is 14.7 Å². The Balaban J connectivity index is 1.66. The molecule has 3 heterocycles. The molecule has 1 aromatic carbocycles. The number of ether oxygens (including phenoxy) is 1. The minimum atomic E-state index is -0.260. The number of fused-ring (bicyclic) bond motifs is 1. The number of methoxy groups -OCH3 is 1. The first kappa shape index (κ1) is 25.4. The molecule has 1 aliphatic rings. The van der Waals surface area contributed by atoms with Crippen molar-refractivity contribution in [1.29, 1.82) is 0 Å². The van der Waals surface area contributed by atoms with E-state index in [4.69, 9.17) is 32.4 Å². The molecule has 35 heavy (non-hydrogen) atoms. The second kappa shape index (κ2) is 10.5. The van der Waals surface area contributed by atoms with E-state index in [0.717, 1.165) is 0 Å². The molecule has 2 aromatic heterocycles. The van der Waals surface area contributed by atoms with Crippen molar-refractivity contribution in [2.75, 3.05) is 33.4 Å². The van der Waals surface area contributed by atoms with Crippen molar-refractivity contribution >= 4 is 45.9 Å². The van der Waals surface area contributed by atoms with Gasteiger partial charge in [0.05, 0.1) is 23.8 Å². The van der Waals surface area contributed by atoms with E-state index in [2.05, 4.69) is 9.88 Å². The van der Waals surface area contributed by atoms with Gasteiger partial charge in [0.2, 0.25) is 0 Å². The van der Waals surface area contributed by atoms with Crippen LogP contribution in [0.1, 0.15) is 40.3 Å². The number of benzene rings is 1. The number of aliphatic hydroxyl groups is 1. The van der Waals surface area contributed by atoms with Crippen molar-refractivity contribution in [3.8, 4) is 5.75 Å². The van der Waals surface area contributed by atoms with Crippen LogP contribution >= 0.6 is 23.2 Å². The number of halogens is 2. The number of ketones is 1. The van der Waals surface area contributed by atoms with E-state index in [0.29, 0.717) is 57.5 Å². The van der Waals surface area contributed by atoms with Gasteiger partial charge < -0.3 is 19.2 Å². The third-order valence-corrected chi connectivity index (χ3v) is 7.07. The van der Waals surface area contributed by atoms with Crippen molar-refractivity contribution < 1.29 is 23.8 Å². The standard InChI is InChI=1S/C25H27Cl2N3O5/c1-14-12-29(13-15(2)30(14)6-7-31)25(33)23-9-17-16(4-5-22(34-3)24(17)35-23)21(32)8-18-19(26)10-28-11-20(18)27/h4-5,9-11,14-15,31H,6-8,12-13H2,1-3H3. The van der Waals surface area contributed by atoms with Gasteiger partial charge in [-0.15, -0.1) is 0 Å². The zero-order chi connectivity index (χ0) is 25.3. The Hall–Kier alpha value is -2.65. The van der Waals surface area contributed by atoms with E-state index in [1.165, 1.54) is 19.5 Å². The summed E-state index contributed by atoms with van der Waals surface area (Å²) in [5.74, 6) is 0.0650. The Kier molecular flexibility index (Phi) is 7.66. The Morgan fingerprint density at radius 1 is 1.17 bits per heavy atom. The van der Waals surface area contributed by atoms with Crippen LogP contribution in [0.3, 0.4) is 0 Å². The highest BCUT2D eigenvalue weighted by atomic mass is 35.5. The third kappa shape index (κ3) is 5.02. The van der Waals surface area contributed by atoms with Crippen molar-refractivity contribution in [2.45, 2.75) is 32.4 Å². The highest BCUT2D eigenvalue weighted by Crippen LogP contribution is 2.34. The number of piperazine rings is 1. The van der Waals surface area contributed by atoms with E-state index >= 15 is 0 Å². The van der Waals surface area contributed by atoms with Crippen molar-refractivity contribution in [2.24, 2.45) is 0 Å².